The minimum Gasteiger partial charge on any atom is -0.497 e. The first-order valence-corrected chi connectivity index (χ1v) is 8.98. The summed E-state index contributed by atoms with van der Waals surface area (Å²) in [5.74, 6) is 1.04. The van der Waals surface area contributed by atoms with E-state index in [4.69, 9.17) is 4.74 Å². The van der Waals surface area contributed by atoms with Gasteiger partial charge < -0.3 is 20.3 Å². The molecular formula is C19H27N3O3. The van der Waals surface area contributed by atoms with E-state index in [9.17, 15) is 9.59 Å². The Morgan fingerprint density at radius 1 is 1.36 bits per heavy atom. The van der Waals surface area contributed by atoms with Crippen molar-refractivity contribution in [3.63, 3.8) is 0 Å². The molecule has 2 heterocycles. The molecule has 25 heavy (non-hydrogen) atoms. The van der Waals surface area contributed by atoms with E-state index in [1.165, 1.54) is 0 Å². The zero-order chi connectivity index (χ0) is 17.8. The van der Waals surface area contributed by atoms with Crippen molar-refractivity contribution in [2.75, 3.05) is 26.7 Å². The van der Waals surface area contributed by atoms with Gasteiger partial charge in [0, 0.05) is 25.6 Å². The maximum absolute atomic E-state index is 12.6. The molecule has 136 valence electrons. The van der Waals surface area contributed by atoms with Crippen LogP contribution in [0.5, 0.6) is 5.75 Å². The number of nitrogens with one attached hydrogen (secondary N) is 2. The molecule has 0 aliphatic carbocycles. The fourth-order valence-electron chi connectivity index (χ4n) is 3.58. The van der Waals surface area contributed by atoms with Crippen molar-refractivity contribution in [2.24, 2.45) is 11.8 Å². The van der Waals surface area contributed by atoms with E-state index < -0.39 is 0 Å². The maximum Gasteiger partial charge on any atom is 0.225 e. The lowest BCUT2D eigenvalue weighted by atomic mass is 9.94. The predicted molar refractivity (Wildman–Crippen MR) is 95.1 cm³/mol. The lowest BCUT2D eigenvalue weighted by molar-refractivity contribution is -0.129. The fourth-order valence-corrected chi connectivity index (χ4v) is 3.58. The average Bonchev–Trinajstić information content (AvgIpc) is 2.98. The van der Waals surface area contributed by atoms with Crippen molar-refractivity contribution >= 4 is 11.8 Å². The molecule has 3 unspecified atom stereocenters. The predicted octanol–water partition coefficient (Wildman–Crippen LogP) is 1.16. The normalized spacial score (nSPS) is 26.6. The first-order valence-electron chi connectivity index (χ1n) is 8.98. The number of ether oxygens (including phenoxy) is 1. The second-order valence-corrected chi connectivity index (χ2v) is 7.11. The molecule has 2 fully saturated rings. The van der Waals surface area contributed by atoms with Crippen LogP contribution < -0.4 is 15.4 Å². The van der Waals surface area contributed by atoms with Crippen molar-refractivity contribution < 1.29 is 14.3 Å². The molecule has 1 aromatic carbocycles. The van der Waals surface area contributed by atoms with Crippen LogP contribution in [0.2, 0.25) is 0 Å². The van der Waals surface area contributed by atoms with Crippen molar-refractivity contribution in [3.8, 4) is 5.75 Å². The number of likely N-dealkylation sites (tertiary alicyclic amines) is 1. The lowest BCUT2D eigenvalue weighted by Crippen LogP contribution is -2.50. The number of carbonyl (C=O) groups excluding carboxylic acids is 2. The Labute approximate surface area is 148 Å². The minimum atomic E-state index is -0.243. The second-order valence-electron chi connectivity index (χ2n) is 7.11. The van der Waals surface area contributed by atoms with Crippen LogP contribution in [0.3, 0.4) is 0 Å². The highest BCUT2D eigenvalue weighted by Crippen LogP contribution is 2.22. The molecule has 0 spiro atoms. The van der Waals surface area contributed by atoms with Gasteiger partial charge in [0.15, 0.2) is 0 Å². The molecule has 0 bridgehead atoms. The summed E-state index contributed by atoms with van der Waals surface area (Å²) in [5.41, 5.74) is 1.04. The van der Waals surface area contributed by atoms with Gasteiger partial charge in [-0.1, -0.05) is 19.1 Å². The molecule has 3 atom stereocenters. The summed E-state index contributed by atoms with van der Waals surface area (Å²) in [6.45, 7) is 5.04. The van der Waals surface area contributed by atoms with Crippen LogP contribution in [0, 0.1) is 11.8 Å². The number of methoxy groups -OCH3 is 1. The number of amides is 2. The molecule has 0 radical (unpaired) electrons. The Kier molecular flexibility index (Phi) is 5.58. The molecular weight excluding hydrogens is 318 g/mol. The van der Waals surface area contributed by atoms with Gasteiger partial charge in [-0.05, 0) is 43.1 Å². The molecule has 6 heteroatoms. The second kappa shape index (κ2) is 7.87. The van der Waals surface area contributed by atoms with Crippen LogP contribution in [0.15, 0.2) is 24.3 Å². The van der Waals surface area contributed by atoms with Crippen molar-refractivity contribution in [1.29, 1.82) is 0 Å². The number of benzene rings is 1. The summed E-state index contributed by atoms with van der Waals surface area (Å²) in [6.07, 6.45) is 1.25. The van der Waals surface area contributed by atoms with E-state index in [0.29, 0.717) is 25.4 Å². The number of carbonyl (C=O) groups is 2. The van der Waals surface area contributed by atoms with Crippen molar-refractivity contribution in [2.45, 2.75) is 32.4 Å². The van der Waals surface area contributed by atoms with Crippen molar-refractivity contribution in [1.82, 2.24) is 15.5 Å². The quantitative estimate of drug-likeness (QED) is 0.840. The van der Waals surface area contributed by atoms with E-state index in [2.05, 4.69) is 17.6 Å². The maximum atomic E-state index is 12.6. The largest absolute Gasteiger partial charge is 0.497 e. The summed E-state index contributed by atoms with van der Waals surface area (Å²) in [6, 6.07) is 7.89. The Balaban J connectivity index is 1.54. The highest BCUT2D eigenvalue weighted by atomic mass is 16.5. The van der Waals surface area contributed by atoms with Gasteiger partial charge in [-0.25, -0.2) is 0 Å². The third-order valence-corrected chi connectivity index (χ3v) is 5.23. The average molecular weight is 345 g/mol. The molecule has 2 saturated heterocycles. The van der Waals surface area contributed by atoms with Gasteiger partial charge in [0.1, 0.15) is 5.75 Å². The summed E-state index contributed by atoms with van der Waals surface area (Å²) < 4.78 is 5.15. The van der Waals surface area contributed by atoms with E-state index in [-0.39, 0.29) is 23.8 Å². The summed E-state index contributed by atoms with van der Waals surface area (Å²) >= 11 is 0. The number of rotatable bonds is 5. The summed E-state index contributed by atoms with van der Waals surface area (Å²) in [4.78, 5) is 26.6. The number of piperidine rings is 1. The molecule has 6 nitrogen and oxygen atoms in total. The Morgan fingerprint density at radius 2 is 2.12 bits per heavy atom. The molecule has 2 amide bonds. The van der Waals surface area contributed by atoms with E-state index in [1.54, 1.807) is 12.0 Å². The van der Waals surface area contributed by atoms with Crippen LogP contribution in [-0.4, -0.2) is 49.5 Å². The Hall–Kier alpha value is -2.08. The zero-order valence-corrected chi connectivity index (χ0v) is 15.0. The topological polar surface area (TPSA) is 70.7 Å². The van der Waals surface area contributed by atoms with Crippen LogP contribution >= 0.6 is 0 Å². The van der Waals surface area contributed by atoms with Gasteiger partial charge in [-0.2, -0.15) is 0 Å². The Bertz CT molecular complexity index is 617. The first kappa shape index (κ1) is 17.7. The monoisotopic (exact) mass is 345 g/mol. The van der Waals surface area contributed by atoms with Gasteiger partial charge in [0.05, 0.1) is 13.0 Å². The molecule has 2 N–H and O–H groups in total. The molecule has 2 aliphatic rings. The molecule has 2 aliphatic heterocycles. The van der Waals surface area contributed by atoms with Gasteiger partial charge in [0.2, 0.25) is 11.8 Å². The number of hydrogen-bond donors (Lipinski definition) is 2. The zero-order valence-electron chi connectivity index (χ0n) is 15.0. The third kappa shape index (κ3) is 4.31. The lowest BCUT2D eigenvalue weighted by Gasteiger charge is -2.31. The van der Waals surface area contributed by atoms with Gasteiger partial charge in [-0.3, -0.25) is 9.59 Å². The molecule has 1 aromatic rings. The summed E-state index contributed by atoms with van der Waals surface area (Å²) in [5, 5.41) is 6.49. The van der Waals surface area contributed by atoms with Crippen molar-refractivity contribution in [3.05, 3.63) is 29.8 Å². The SMILES string of the molecule is COc1ccc(CN2CC(C(=O)NC3CCNCC3C)CC2=O)cc1. The highest BCUT2D eigenvalue weighted by molar-refractivity contribution is 5.89. The van der Waals surface area contributed by atoms with Crippen LogP contribution in [0.25, 0.3) is 0 Å². The van der Waals surface area contributed by atoms with Crippen LogP contribution in [0.4, 0.5) is 0 Å². The van der Waals surface area contributed by atoms with Gasteiger partial charge in [-0.15, -0.1) is 0 Å². The fraction of sp³-hybridized carbons (Fsp3) is 0.579. The molecule has 3 rings (SSSR count). The van der Waals surface area contributed by atoms with E-state index >= 15 is 0 Å². The Morgan fingerprint density at radius 3 is 2.80 bits per heavy atom. The van der Waals surface area contributed by atoms with Gasteiger partial charge in [0.25, 0.3) is 0 Å². The minimum absolute atomic E-state index is 0.0179. The highest BCUT2D eigenvalue weighted by Gasteiger charge is 2.35. The summed E-state index contributed by atoms with van der Waals surface area (Å²) in [7, 11) is 1.63. The van der Waals surface area contributed by atoms with E-state index in [1.807, 2.05) is 24.3 Å². The third-order valence-electron chi connectivity index (χ3n) is 5.23. The molecule has 0 saturated carbocycles. The standard InChI is InChI=1S/C19H27N3O3/c1-13-10-20-8-7-17(13)21-19(24)15-9-18(23)22(12-15)11-14-3-5-16(25-2)6-4-14/h3-6,13,15,17,20H,7-12H2,1-2H3,(H,21,24). The van der Waals surface area contributed by atoms with Crippen LogP contribution in [-0.2, 0) is 16.1 Å². The van der Waals surface area contributed by atoms with Gasteiger partial charge >= 0.3 is 0 Å². The smallest absolute Gasteiger partial charge is 0.225 e. The molecule has 0 aromatic heterocycles. The number of hydrogen-bond acceptors (Lipinski definition) is 4. The van der Waals surface area contributed by atoms with E-state index in [0.717, 1.165) is 30.8 Å². The number of nitrogens with zero attached hydrogens (tertiary/aromatic N) is 1. The first-order chi connectivity index (χ1) is 12.1. The van der Waals surface area contributed by atoms with Crippen LogP contribution in [0.1, 0.15) is 25.3 Å².